The van der Waals surface area contributed by atoms with E-state index in [0.29, 0.717) is 11.3 Å². The van der Waals surface area contributed by atoms with E-state index in [9.17, 15) is 9.59 Å². The summed E-state index contributed by atoms with van der Waals surface area (Å²) in [6, 6.07) is 12.4. The van der Waals surface area contributed by atoms with Gasteiger partial charge in [-0.3, -0.25) is 4.79 Å². The predicted octanol–water partition coefficient (Wildman–Crippen LogP) is 2.62. The molecular weight excluding hydrogens is 320 g/mol. The van der Waals surface area contributed by atoms with Crippen molar-refractivity contribution in [1.29, 1.82) is 0 Å². The average Bonchev–Trinajstić information content (AvgIpc) is 2.61. The first-order chi connectivity index (χ1) is 12.0. The molecule has 0 radical (unpaired) electrons. The number of ether oxygens (including phenoxy) is 2. The second-order valence-corrected chi connectivity index (χ2v) is 5.42. The number of carbonyl (C=O) groups excluding carboxylic acids is 2. The van der Waals surface area contributed by atoms with Crippen molar-refractivity contribution in [2.24, 2.45) is 5.10 Å². The maximum absolute atomic E-state index is 11.8. The SMILES string of the molecule is COC(=O)c1ccc(/C=N/NC(=O)COc2c(C)cccc2C)cc1. The zero-order chi connectivity index (χ0) is 18.2. The van der Waals surface area contributed by atoms with Crippen LogP contribution in [-0.4, -0.2) is 31.8 Å². The molecule has 0 unspecified atom stereocenters. The van der Waals surface area contributed by atoms with Crippen LogP contribution in [0.15, 0.2) is 47.6 Å². The molecule has 0 atom stereocenters. The summed E-state index contributed by atoms with van der Waals surface area (Å²) in [5, 5.41) is 3.87. The van der Waals surface area contributed by atoms with Crippen molar-refractivity contribution in [2.75, 3.05) is 13.7 Å². The Labute approximate surface area is 146 Å². The Kier molecular flexibility index (Phi) is 6.28. The molecule has 0 bridgehead atoms. The highest BCUT2D eigenvalue weighted by atomic mass is 16.5. The molecule has 0 saturated carbocycles. The lowest BCUT2D eigenvalue weighted by atomic mass is 10.1. The highest BCUT2D eigenvalue weighted by Crippen LogP contribution is 2.21. The molecule has 6 nitrogen and oxygen atoms in total. The van der Waals surface area contributed by atoms with Gasteiger partial charge in [-0.25, -0.2) is 10.2 Å². The Morgan fingerprint density at radius 3 is 2.32 bits per heavy atom. The van der Waals surface area contributed by atoms with Crippen LogP contribution in [0, 0.1) is 13.8 Å². The fourth-order valence-corrected chi connectivity index (χ4v) is 2.20. The van der Waals surface area contributed by atoms with Crippen LogP contribution in [0.25, 0.3) is 0 Å². The van der Waals surface area contributed by atoms with Crippen molar-refractivity contribution in [3.8, 4) is 5.75 Å². The van der Waals surface area contributed by atoms with Crippen molar-refractivity contribution in [2.45, 2.75) is 13.8 Å². The normalized spacial score (nSPS) is 10.5. The van der Waals surface area contributed by atoms with Crippen LogP contribution < -0.4 is 10.2 Å². The quantitative estimate of drug-likeness (QED) is 0.498. The number of benzene rings is 2. The first kappa shape index (κ1) is 18.2. The van der Waals surface area contributed by atoms with Gasteiger partial charge in [0.25, 0.3) is 5.91 Å². The zero-order valence-corrected chi connectivity index (χ0v) is 14.4. The number of para-hydroxylation sites is 1. The third-order valence-electron chi connectivity index (χ3n) is 3.49. The van der Waals surface area contributed by atoms with Gasteiger partial charge in [-0.15, -0.1) is 0 Å². The van der Waals surface area contributed by atoms with Gasteiger partial charge in [0.1, 0.15) is 5.75 Å². The number of rotatable bonds is 6. The molecule has 2 rings (SSSR count). The summed E-state index contributed by atoms with van der Waals surface area (Å²) in [7, 11) is 1.33. The summed E-state index contributed by atoms with van der Waals surface area (Å²) in [6.45, 7) is 3.73. The lowest BCUT2D eigenvalue weighted by Gasteiger charge is -2.10. The van der Waals surface area contributed by atoms with Crippen LogP contribution in [0.2, 0.25) is 0 Å². The molecule has 25 heavy (non-hydrogen) atoms. The highest BCUT2D eigenvalue weighted by molar-refractivity contribution is 5.90. The minimum absolute atomic E-state index is 0.121. The van der Waals surface area contributed by atoms with Crippen molar-refractivity contribution in [3.63, 3.8) is 0 Å². The van der Waals surface area contributed by atoms with Crippen LogP contribution in [0.4, 0.5) is 0 Å². The third kappa shape index (κ3) is 5.17. The number of methoxy groups -OCH3 is 1. The first-order valence-electron chi connectivity index (χ1n) is 7.70. The molecule has 0 spiro atoms. The highest BCUT2D eigenvalue weighted by Gasteiger charge is 2.06. The van der Waals surface area contributed by atoms with Crippen LogP contribution in [0.1, 0.15) is 27.0 Å². The number of carbonyl (C=O) groups is 2. The van der Waals surface area contributed by atoms with Gasteiger partial charge in [-0.05, 0) is 42.7 Å². The number of hydrogen-bond donors (Lipinski definition) is 1. The molecule has 0 aliphatic carbocycles. The molecular formula is C19H20N2O4. The van der Waals surface area contributed by atoms with Gasteiger partial charge in [-0.2, -0.15) is 5.10 Å². The van der Waals surface area contributed by atoms with Crippen molar-refractivity contribution in [3.05, 3.63) is 64.7 Å². The summed E-state index contributed by atoms with van der Waals surface area (Å²) in [5.41, 5.74) is 5.54. The first-order valence-corrected chi connectivity index (χ1v) is 7.70. The van der Waals surface area contributed by atoms with Gasteiger partial charge in [0, 0.05) is 0 Å². The lowest BCUT2D eigenvalue weighted by Crippen LogP contribution is -2.25. The summed E-state index contributed by atoms with van der Waals surface area (Å²) in [4.78, 5) is 23.1. The fraction of sp³-hybridized carbons (Fsp3) is 0.211. The largest absolute Gasteiger partial charge is 0.483 e. The van der Waals surface area contributed by atoms with Crippen molar-refractivity contribution < 1.29 is 19.1 Å². The molecule has 2 aromatic carbocycles. The van der Waals surface area contributed by atoms with E-state index in [0.717, 1.165) is 16.7 Å². The summed E-state index contributed by atoms with van der Waals surface area (Å²) in [6.07, 6.45) is 1.48. The number of amides is 1. The maximum Gasteiger partial charge on any atom is 0.337 e. The molecule has 0 heterocycles. The topological polar surface area (TPSA) is 77.0 Å². The van der Waals surface area contributed by atoms with Crippen LogP contribution in [0.5, 0.6) is 5.75 Å². The predicted molar refractivity (Wildman–Crippen MR) is 94.9 cm³/mol. The molecule has 0 aromatic heterocycles. The van der Waals surface area contributed by atoms with E-state index in [1.165, 1.54) is 13.3 Å². The van der Waals surface area contributed by atoms with Gasteiger partial charge < -0.3 is 9.47 Å². The summed E-state index contributed by atoms with van der Waals surface area (Å²) < 4.78 is 10.2. The molecule has 1 amide bonds. The Bertz CT molecular complexity index is 762. The Hall–Kier alpha value is -3.15. The zero-order valence-electron chi connectivity index (χ0n) is 14.4. The standard InChI is InChI=1S/C19H20N2O4/c1-13-5-4-6-14(2)18(13)25-12-17(22)21-20-11-15-7-9-16(10-8-15)19(23)24-3/h4-11H,12H2,1-3H3,(H,21,22)/b20-11+. The van der Waals surface area contributed by atoms with E-state index in [1.807, 2.05) is 32.0 Å². The minimum atomic E-state index is -0.402. The smallest absolute Gasteiger partial charge is 0.337 e. The molecule has 6 heteroatoms. The van der Waals surface area contributed by atoms with E-state index in [-0.39, 0.29) is 12.5 Å². The number of hydrazone groups is 1. The second-order valence-electron chi connectivity index (χ2n) is 5.42. The number of hydrogen-bond acceptors (Lipinski definition) is 5. The van der Waals surface area contributed by atoms with Gasteiger partial charge in [0.05, 0.1) is 18.9 Å². The maximum atomic E-state index is 11.8. The Balaban J connectivity index is 1.85. The minimum Gasteiger partial charge on any atom is -0.483 e. The molecule has 2 aromatic rings. The molecule has 0 fully saturated rings. The van der Waals surface area contributed by atoms with Crippen LogP contribution >= 0.6 is 0 Å². The molecule has 0 saturated heterocycles. The number of nitrogens with one attached hydrogen (secondary N) is 1. The molecule has 130 valence electrons. The van der Waals surface area contributed by atoms with E-state index >= 15 is 0 Å². The number of aryl methyl sites for hydroxylation is 2. The van der Waals surface area contributed by atoms with E-state index in [4.69, 9.17) is 4.74 Å². The van der Waals surface area contributed by atoms with Gasteiger partial charge in [0.2, 0.25) is 0 Å². The van der Waals surface area contributed by atoms with Gasteiger partial charge in [-0.1, -0.05) is 30.3 Å². The van der Waals surface area contributed by atoms with Gasteiger partial charge >= 0.3 is 5.97 Å². The van der Waals surface area contributed by atoms with Crippen LogP contribution in [-0.2, 0) is 9.53 Å². The molecule has 0 aliphatic heterocycles. The number of nitrogens with zero attached hydrogens (tertiary/aromatic N) is 1. The Morgan fingerprint density at radius 1 is 1.08 bits per heavy atom. The van der Waals surface area contributed by atoms with Gasteiger partial charge in [0.15, 0.2) is 6.61 Å². The second kappa shape index (κ2) is 8.63. The van der Waals surface area contributed by atoms with Crippen molar-refractivity contribution >= 4 is 18.1 Å². The third-order valence-corrected chi connectivity index (χ3v) is 3.49. The summed E-state index contributed by atoms with van der Waals surface area (Å²) >= 11 is 0. The van der Waals surface area contributed by atoms with E-state index in [1.54, 1.807) is 24.3 Å². The van der Waals surface area contributed by atoms with E-state index in [2.05, 4.69) is 15.3 Å². The van der Waals surface area contributed by atoms with Crippen LogP contribution in [0.3, 0.4) is 0 Å². The number of esters is 1. The van der Waals surface area contributed by atoms with E-state index < -0.39 is 5.97 Å². The fourth-order valence-electron chi connectivity index (χ4n) is 2.20. The average molecular weight is 340 g/mol. The monoisotopic (exact) mass is 340 g/mol. The summed E-state index contributed by atoms with van der Waals surface area (Å²) in [5.74, 6) is -0.0504. The lowest BCUT2D eigenvalue weighted by molar-refractivity contribution is -0.123. The van der Waals surface area contributed by atoms with Crippen molar-refractivity contribution in [1.82, 2.24) is 5.43 Å². The molecule has 1 N–H and O–H groups in total. The molecule has 0 aliphatic rings. The Morgan fingerprint density at radius 2 is 1.72 bits per heavy atom.